The van der Waals surface area contributed by atoms with Gasteiger partial charge in [0.2, 0.25) is 0 Å². The van der Waals surface area contributed by atoms with Crippen LogP contribution in [0.2, 0.25) is 0 Å². The Morgan fingerprint density at radius 3 is 2.35 bits per heavy atom. The van der Waals surface area contributed by atoms with E-state index in [9.17, 15) is 10.2 Å². The standard InChI is InChI=1S/C21H24O2/c1-14(2)20-13-18(9-12-21(20)23)17-5-3-15(4-6-17)16-7-10-19(22)11-8-16/h5,7-15,22-23H,3-4,6H2,1-2H3. The molecule has 1 aliphatic rings. The van der Waals surface area contributed by atoms with Gasteiger partial charge in [-0.3, -0.25) is 0 Å². The summed E-state index contributed by atoms with van der Waals surface area (Å²) in [5.41, 5.74) is 4.92. The molecule has 0 aliphatic heterocycles. The minimum absolute atomic E-state index is 0.323. The lowest BCUT2D eigenvalue weighted by atomic mass is 9.82. The van der Waals surface area contributed by atoms with Crippen molar-refractivity contribution in [1.82, 2.24) is 0 Å². The molecule has 0 spiro atoms. The number of phenolic OH excluding ortho intramolecular Hbond substituents is 2. The van der Waals surface area contributed by atoms with Crippen LogP contribution < -0.4 is 0 Å². The summed E-state index contributed by atoms with van der Waals surface area (Å²) in [6.07, 6.45) is 5.53. The highest BCUT2D eigenvalue weighted by Crippen LogP contribution is 2.38. The Labute approximate surface area is 138 Å². The van der Waals surface area contributed by atoms with Crippen LogP contribution in [0.15, 0.2) is 48.5 Å². The highest BCUT2D eigenvalue weighted by Gasteiger charge is 2.18. The number of aromatic hydroxyl groups is 2. The largest absolute Gasteiger partial charge is 0.508 e. The number of phenols is 2. The van der Waals surface area contributed by atoms with E-state index in [1.807, 2.05) is 24.3 Å². The molecule has 2 heteroatoms. The average molecular weight is 308 g/mol. The van der Waals surface area contributed by atoms with Crippen molar-refractivity contribution in [2.75, 3.05) is 0 Å². The fraction of sp³-hybridized carbons (Fsp3) is 0.333. The van der Waals surface area contributed by atoms with Crippen molar-refractivity contribution in [3.8, 4) is 11.5 Å². The molecule has 1 aliphatic carbocycles. The molecule has 0 saturated heterocycles. The summed E-state index contributed by atoms with van der Waals surface area (Å²) in [5, 5.41) is 19.4. The Kier molecular flexibility index (Phi) is 4.42. The van der Waals surface area contributed by atoms with Crippen LogP contribution in [0.5, 0.6) is 11.5 Å². The van der Waals surface area contributed by atoms with Gasteiger partial charge in [-0.15, -0.1) is 0 Å². The van der Waals surface area contributed by atoms with Crippen LogP contribution in [0.25, 0.3) is 5.57 Å². The van der Waals surface area contributed by atoms with E-state index >= 15 is 0 Å². The summed E-state index contributed by atoms with van der Waals surface area (Å²) in [5.74, 6) is 1.57. The molecule has 0 bridgehead atoms. The average Bonchev–Trinajstić information content (AvgIpc) is 2.56. The monoisotopic (exact) mass is 308 g/mol. The molecule has 0 saturated carbocycles. The topological polar surface area (TPSA) is 40.5 Å². The minimum Gasteiger partial charge on any atom is -0.508 e. The molecular formula is C21H24O2. The van der Waals surface area contributed by atoms with Gasteiger partial charge in [-0.25, -0.2) is 0 Å². The van der Waals surface area contributed by atoms with E-state index in [2.05, 4.69) is 26.0 Å². The zero-order valence-corrected chi connectivity index (χ0v) is 13.8. The van der Waals surface area contributed by atoms with Crippen LogP contribution in [-0.2, 0) is 0 Å². The lowest BCUT2D eigenvalue weighted by molar-refractivity contribution is 0.464. The second-order valence-corrected chi connectivity index (χ2v) is 6.72. The Morgan fingerprint density at radius 2 is 1.74 bits per heavy atom. The number of hydrogen-bond acceptors (Lipinski definition) is 2. The van der Waals surface area contributed by atoms with Gasteiger partial charge in [-0.1, -0.05) is 38.1 Å². The fourth-order valence-electron chi connectivity index (χ4n) is 3.36. The summed E-state index contributed by atoms with van der Waals surface area (Å²) < 4.78 is 0. The number of allylic oxidation sites excluding steroid dienone is 2. The Bertz CT molecular complexity index is 711. The van der Waals surface area contributed by atoms with Crippen LogP contribution in [0.1, 0.15) is 61.6 Å². The first-order valence-electron chi connectivity index (χ1n) is 8.36. The fourth-order valence-corrected chi connectivity index (χ4v) is 3.36. The first kappa shape index (κ1) is 15.7. The second-order valence-electron chi connectivity index (χ2n) is 6.72. The van der Waals surface area contributed by atoms with Gasteiger partial charge in [0.1, 0.15) is 11.5 Å². The summed E-state index contributed by atoms with van der Waals surface area (Å²) in [6.45, 7) is 4.21. The lowest BCUT2D eigenvalue weighted by Crippen LogP contribution is -2.04. The van der Waals surface area contributed by atoms with Gasteiger partial charge in [-0.05, 0) is 77.6 Å². The molecular weight excluding hydrogens is 284 g/mol. The predicted octanol–water partition coefficient (Wildman–Crippen LogP) is 5.57. The van der Waals surface area contributed by atoms with Crippen molar-refractivity contribution in [2.45, 2.75) is 44.9 Å². The smallest absolute Gasteiger partial charge is 0.119 e. The SMILES string of the molecule is CC(C)c1cc(C2=CCC(c3ccc(O)cc3)CC2)ccc1O. The molecule has 2 aromatic rings. The van der Waals surface area contributed by atoms with Crippen molar-refractivity contribution in [3.05, 3.63) is 65.2 Å². The third kappa shape index (κ3) is 3.42. The van der Waals surface area contributed by atoms with E-state index < -0.39 is 0 Å². The summed E-state index contributed by atoms with van der Waals surface area (Å²) >= 11 is 0. The van der Waals surface area contributed by atoms with Gasteiger partial charge in [0.25, 0.3) is 0 Å². The summed E-state index contributed by atoms with van der Waals surface area (Å²) in [7, 11) is 0. The first-order valence-corrected chi connectivity index (χ1v) is 8.36. The van der Waals surface area contributed by atoms with Gasteiger partial charge in [0, 0.05) is 0 Å². The highest BCUT2D eigenvalue weighted by atomic mass is 16.3. The Balaban J connectivity index is 1.79. The minimum atomic E-state index is 0.323. The quantitative estimate of drug-likeness (QED) is 0.778. The normalized spacial score (nSPS) is 18.0. The third-order valence-electron chi connectivity index (χ3n) is 4.80. The van der Waals surface area contributed by atoms with Crippen molar-refractivity contribution >= 4 is 5.57 Å². The second kappa shape index (κ2) is 6.49. The number of benzene rings is 2. The lowest BCUT2D eigenvalue weighted by Gasteiger charge is -2.23. The van der Waals surface area contributed by atoms with E-state index in [-0.39, 0.29) is 0 Å². The van der Waals surface area contributed by atoms with Crippen molar-refractivity contribution in [1.29, 1.82) is 0 Å². The van der Waals surface area contributed by atoms with Gasteiger partial charge in [0.05, 0.1) is 0 Å². The van der Waals surface area contributed by atoms with E-state index in [0.717, 1.165) is 24.8 Å². The van der Waals surface area contributed by atoms with E-state index in [1.165, 1.54) is 16.7 Å². The molecule has 3 rings (SSSR count). The maximum absolute atomic E-state index is 9.98. The summed E-state index contributed by atoms with van der Waals surface area (Å²) in [4.78, 5) is 0. The van der Waals surface area contributed by atoms with Crippen LogP contribution >= 0.6 is 0 Å². The zero-order valence-electron chi connectivity index (χ0n) is 13.8. The van der Waals surface area contributed by atoms with Gasteiger partial charge in [-0.2, -0.15) is 0 Å². The first-order chi connectivity index (χ1) is 11.0. The van der Waals surface area contributed by atoms with Crippen LogP contribution in [0.4, 0.5) is 0 Å². The van der Waals surface area contributed by atoms with E-state index in [4.69, 9.17) is 0 Å². The molecule has 0 fully saturated rings. The van der Waals surface area contributed by atoms with Gasteiger partial charge in [0.15, 0.2) is 0 Å². The van der Waals surface area contributed by atoms with Crippen LogP contribution in [0.3, 0.4) is 0 Å². The maximum atomic E-state index is 9.98. The highest BCUT2D eigenvalue weighted by molar-refractivity contribution is 5.68. The molecule has 1 atom stereocenters. The number of rotatable bonds is 3. The van der Waals surface area contributed by atoms with Gasteiger partial charge >= 0.3 is 0 Å². The molecule has 2 aromatic carbocycles. The van der Waals surface area contributed by atoms with Crippen LogP contribution in [-0.4, -0.2) is 10.2 Å². The molecule has 2 nitrogen and oxygen atoms in total. The van der Waals surface area contributed by atoms with E-state index in [0.29, 0.717) is 23.3 Å². The molecule has 120 valence electrons. The van der Waals surface area contributed by atoms with Crippen LogP contribution in [0, 0.1) is 0 Å². The van der Waals surface area contributed by atoms with Crippen molar-refractivity contribution in [3.63, 3.8) is 0 Å². The van der Waals surface area contributed by atoms with E-state index in [1.54, 1.807) is 12.1 Å². The molecule has 0 amide bonds. The van der Waals surface area contributed by atoms with Gasteiger partial charge < -0.3 is 10.2 Å². The number of hydrogen-bond donors (Lipinski definition) is 2. The molecule has 0 heterocycles. The Morgan fingerprint density at radius 1 is 1.00 bits per heavy atom. The molecule has 23 heavy (non-hydrogen) atoms. The Hall–Kier alpha value is -2.22. The van der Waals surface area contributed by atoms with Crippen molar-refractivity contribution < 1.29 is 10.2 Å². The molecule has 1 unspecified atom stereocenters. The summed E-state index contributed by atoms with van der Waals surface area (Å²) in [6, 6.07) is 13.6. The molecule has 0 aromatic heterocycles. The maximum Gasteiger partial charge on any atom is 0.119 e. The predicted molar refractivity (Wildman–Crippen MR) is 94.9 cm³/mol. The molecule has 0 radical (unpaired) electrons. The zero-order chi connectivity index (χ0) is 16.4. The third-order valence-corrected chi connectivity index (χ3v) is 4.80. The van der Waals surface area contributed by atoms with Crippen molar-refractivity contribution in [2.24, 2.45) is 0 Å². The molecule has 2 N–H and O–H groups in total.